The topological polar surface area (TPSA) is 24.5 Å². The molecule has 4 heteroatoms. The Kier molecular flexibility index (Phi) is 4.34. The Bertz CT molecular complexity index is 359. The van der Waals surface area contributed by atoms with Crippen molar-refractivity contribution in [3.63, 3.8) is 0 Å². The Balaban J connectivity index is 1.81. The van der Waals surface area contributed by atoms with Crippen LogP contribution in [0, 0.1) is 5.82 Å². The van der Waals surface area contributed by atoms with Gasteiger partial charge in [-0.2, -0.15) is 0 Å². The van der Waals surface area contributed by atoms with Gasteiger partial charge in [-0.15, -0.1) is 0 Å². The van der Waals surface area contributed by atoms with Crippen molar-refractivity contribution in [2.75, 3.05) is 38.1 Å². The first-order valence-electron chi connectivity index (χ1n) is 6.11. The summed E-state index contributed by atoms with van der Waals surface area (Å²) in [5.74, 6) is -0.213. The molecule has 17 heavy (non-hydrogen) atoms. The predicted octanol–water partition coefficient (Wildman–Crippen LogP) is 1.96. The molecular weight excluding hydrogens is 219 g/mol. The van der Waals surface area contributed by atoms with Crippen LogP contribution >= 0.6 is 0 Å². The van der Waals surface area contributed by atoms with Crippen LogP contribution in [-0.4, -0.2) is 43.8 Å². The van der Waals surface area contributed by atoms with Crippen molar-refractivity contribution >= 4 is 5.69 Å². The Morgan fingerprint density at radius 2 is 2.41 bits per heavy atom. The predicted molar refractivity (Wildman–Crippen MR) is 66.7 cm³/mol. The van der Waals surface area contributed by atoms with Crippen LogP contribution in [0.15, 0.2) is 24.3 Å². The number of benzene rings is 1. The molecule has 1 atom stereocenters. The second-order valence-corrected chi connectivity index (χ2v) is 4.28. The summed E-state index contributed by atoms with van der Waals surface area (Å²) in [6.45, 7) is 6.66. The molecule has 1 N–H and O–H groups in total. The van der Waals surface area contributed by atoms with E-state index in [-0.39, 0.29) is 11.9 Å². The fourth-order valence-electron chi connectivity index (χ4n) is 2.02. The number of morpholine rings is 1. The standard InChI is InChI=1S/C13H19FN2O/c1-2-16-6-7-17-13(10-16)9-15-12-5-3-4-11(14)8-12/h3-5,8,13,15H,2,6-7,9-10H2,1H3. The molecule has 0 spiro atoms. The molecule has 1 aromatic carbocycles. The summed E-state index contributed by atoms with van der Waals surface area (Å²) < 4.78 is 18.6. The average Bonchev–Trinajstić information content (AvgIpc) is 2.37. The van der Waals surface area contributed by atoms with E-state index in [1.165, 1.54) is 12.1 Å². The minimum absolute atomic E-state index is 0.187. The van der Waals surface area contributed by atoms with Crippen molar-refractivity contribution in [2.45, 2.75) is 13.0 Å². The van der Waals surface area contributed by atoms with Gasteiger partial charge in [0, 0.05) is 25.3 Å². The van der Waals surface area contributed by atoms with E-state index in [0.29, 0.717) is 0 Å². The number of nitrogens with zero attached hydrogens (tertiary/aromatic N) is 1. The molecule has 1 aliphatic rings. The summed E-state index contributed by atoms with van der Waals surface area (Å²) in [4.78, 5) is 2.36. The number of nitrogens with one attached hydrogen (secondary N) is 1. The first-order chi connectivity index (χ1) is 8.28. The highest BCUT2D eigenvalue weighted by atomic mass is 19.1. The molecule has 1 heterocycles. The van der Waals surface area contributed by atoms with Crippen LogP contribution in [0.1, 0.15) is 6.92 Å². The maximum absolute atomic E-state index is 13.0. The van der Waals surface area contributed by atoms with Crippen LogP contribution in [-0.2, 0) is 4.74 Å². The normalized spacial score (nSPS) is 21.4. The molecule has 1 fully saturated rings. The summed E-state index contributed by atoms with van der Waals surface area (Å²) in [6, 6.07) is 6.52. The summed E-state index contributed by atoms with van der Waals surface area (Å²) in [5, 5.41) is 3.21. The minimum Gasteiger partial charge on any atom is -0.382 e. The van der Waals surface area contributed by atoms with Crippen molar-refractivity contribution < 1.29 is 9.13 Å². The molecule has 94 valence electrons. The van der Waals surface area contributed by atoms with E-state index in [1.807, 2.05) is 6.07 Å². The van der Waals surface area contributed by atoms with Crippen LogP contribution in [0.5, 0.6) is 0 Å². The fourth-order valence-corrected chi connectivity index (χ4v) is 2.02. The van der Waals surface area contributed by atoms with E-state index in [1.54, 1.807) is 6.07 Å². The van der Waals surface area contributed by atoms with Gasteiger partial charge in [-0.25, -0.2) is 4.39 Å². The second kappa shape index (κ2) is 5.98. The maximum atomic E-state index is 13.0. The Morgan fingerprint density at radius 3 is 3.18 bits per heavy atom. The van der Waals surface area contributed by atoms with E-state index in [0.717, 1.165) is 38.5 Å². The highest BCUT2D eigenvalue weighted by Gasteiger charge is 2.18. The lowest BCUT2D eigenvalue weighted by molar-refractivity contribution is -0.0191. The lowest BCUT2D eigenvalue weighted by Crippen LogP contribution is -2.45. The van der Waals surface area contributed by atoms with Gasteiger partial charge in [0.15, 0.2) is 0 Å². The number of likely N-dealkylation sites (N-methyl/N-ethyl adjacent to an activating group) is 1. The number of hydrogen-bond acceptors (Lipinski definition) is 3. The molecule has 0 radical (unpaired) electrons. The van der Waals surface area contributed by atoms with Crippen LogP contribution in [0.2, 0.25) is 0 Å². The van der Waals surface area contributed by atoms with Crippen LogP contribution in [0.25, 0.3) is 0 Å². The SMILES string of the molecule is CCN1CCOC(CNc2cccc(F)c2)C1. The van der Waals surface area contributed by atoms with Gasteiger partial charge >= 0.3 is 0 Å². The summed E-state index contributed by atoms with van der Waals surface area (Å²) in [6.07, 6.45) is 0.187. The number of anilines is 1. The zero-order chi connectivity index (χ0) is 12.1. The van der Waals surface area contributed by atoms with E-state index in [4.69, 9.17) is 4.74 Å². The Labute approximate surface area is 102 Å². The van der Waals surface area contributed by atoms with E-state index < -0.39 is 0 Å². The summed E-state index contributed by atoms with van der Waals surface area (Å²) >= 11 is 0. The molecule has 0 aromatic heterocycles. The van der Waals surface area contributed by atoms with Gasteiger partial charge in [0.2, 0.25) is 0 Å². The maximum Gasteiger partial charge on any atom is 0.125 e. The number of hydrogen-bond donors (Lipinski definition) is 1. The molecule has 0 aliphatic carbocycles. The Morgan fingerprint density at radius 1 is 1.53 bits per heavy atom. The third kappa shape index (κ3) is 3.68. The lowest BCUT2D eigenvalue weighted by Gasteiger charge is -2.32. The molecule has 0 amide bonds. The molecule has 1 aromatic rings. The van der Waals surface area contributed by atoms with E-state index >= 15 is 0 Å². The molecule has 1 unspecified atom stereocenters. The van der Waals surface area contributed by atoms with E-state index in [2.05, 4.69) is 17.1 Å². The molecular formula is C13H19FN2O. The largest absolute Gasteiger partial charge is 0.382 e. The van der Waals surface area contributed by atoms with Gasteiger partial charge in [-0.3, -0.25) is 4.90 Å². The van der Waals surface area contributed by atoms with Gasteiger partial charge < -0.3 is 10.1 Å². The zero-order valence-corrected chi connectivity index (χ0v) is 10.2. The Hall–Kier alpha value is -1.13. The summed E-state index contributed by atoms with van der Waals surface area (Å²) in [7, 11) is 0. The molecule has 3 nitrogen and oxygen atoms in total. The summed E-state index contributed by atoms with van der Waals surface area (Å²) in [5.41, 5.74) is 0.808. The number of halogens is 1. The van der Waals surface area contributed by atoms with E-state index in [9.17, 15) is 4.39 Å². The lowest BCUT2D eigenvalue weighted by atomic mass is 10.2. The minimum atomic E-state index is -0.213. The molecule has 2 rings (SSSR count). The molecule has 0 bridgehead atoms. The van der Waals surface area contributed by atoms with Gasteiger partial charge in [0.05, 0.1) is 12.7 Å². The quantitative estimate of drug-likeness (QED) is 0.867. The third-order valence-electron chi connectivity index (χ3n) is 3.03. The molecule has 1 saturated heterocycles. The van der Waals surface area contributed by atoms with Gasteiger partial charge in [-0.05, 0) is 24.7 Å². The van der Waals surface area contributed by atoms with Crippen molar-refractivity contribution in [3.05, 3.63) is 30.1 Å². The second-order valence-electron chi connectivity index (χ2n) is 4.28. The fraction of sp³-hybridized carbons (Fsp3) is 0.538. The molecule has 1 aliphatic heterocycles. The van der Waals surface area contributed by atoms with Crippen LogP contribution in [0.4, 0.5) is 10.1 Å². The van der Waals surface area contributed by atoms with Crippen LogP contribution in [0.3, 0.4) is 0 Å². The first-order valence-corrected chi connectivity index (χ1v) is 6.11. The van der Waals surface area contributed by atoms with Crippen molar-refractivity contribution in [3.8, 4) is 0 Å². The van der Waals surface area contributed by atoms with Crippen molar-refractivity contribution in [1.29, 1.82) is 0 Å². The van der Waals surface area contributed by atoms with Gasteiger partial charge in [0.25, 0.3) is 0 Å². The third-order valence-corrected chi connectivity index (χ3v) is 3.03. The zero-order valence-electron chi connectivity index (χ0n) is 10.2. The van der Waals surface area contributed by atoms with Crippen LogP contribution < -0.4 is 5.32 Å². The van der Waals surface area contributed by atoms with Crippen molar-refractivity contribution in [1.82, 2.24) is 4.90 Å². The highest BCUT2D eigenvalue weighted by molar-refractivity contribution is 5.43. The first kappa shape index (κ1) is 12.3. The number of ether oxygens (including phenoxy) is 1. The number of rotatable bonds is 4. The molecule has 0 saturated carbocycles. The highest BCUT2D eigenvalue weighted by Crippen LogP contribution is 2.11. The smallest absolute Gasteiger partial charge is 0.125 e. The van der Waals surface area contributed by atoms with Gasteiger partial charge in [-0.1, -0.05) is 13.0 Å². The monoisotopic (exact) mass is 238 g/mol. The van der Waals surface area contributed by atoms with Crippen molar-refractivity contribution in [2.24, 2.45) is 0 Å². The average molecular weight is 238 g/mol. The van der Waals surface area contributed by atoms with Gasteiger partial charge in [0.1, 0.15) is 5.82 Å².